The van der Waals surface area contributed by atoms with Crippen LogP contribution in [0.3, 0.4) is 0 Å². The van der Waals surface area contributed by atoms with Gasteiger partial charge in [-0.2, -0.15) is 0 Å². The fourth-order valence-corrected chi connectivity index (χ4v) is 3.13. The molecule has 0 heterocycles. The zero-order valence-electron chi connectivity index (χ0n) is 10.6. The summed E-state index contributed by atoms with van der Waals surface area (Å²) in [4.78, 5) is 0.0707. The Morgan fingerprint density at radius 2 is 1.65 bits per heavy atom. The topological polar surface area (TPSA) is 55.4 Å². The van der Waals surface area contributed by atoms with E-state index in [1.807, 2.05) is 30.3 Å². The summed E-state index contributed by atoms with van der Waals surface area (Å²) < 4.78 is 31.9. The number of hydrogen-bond acceptors (Lipinski definition) is 3. The summed E-state index contributed by atoms with van der Waals surface area (Å²) in [5.74, 6) is 0.699. The van der Waals surface area contributed by atoms with Gasteiger partial charge in [-0.1, -0.05) is 41.9 Å². The summed E-state index contributed by atoms with van der Waals surface area (Å²) in [7, 11) is -3.61. The lowest BCUT2D eigenvalue weighted by Crippen LogP contribution is -2.28. The molecule has 2 aromatic carbocycles. The van der Waals surface area contributed by atoms with Crippen molar-refractivity contribution in [1.82, 2.24) is 4.72 Å². The fourth-order valence-electron chi connectivity index (χ4n) is 1.60. The maximum absolute atomic E-state index is 12.0. The van der Waals surface area contributed by atoms with Crippen molar-refractivity contribution >= 4 is 21.6 Å². The number of halogens is 1. The summed E-state index contributed by atoms with van der Waals surface area (Å²) >= 11 is 5.87. The molecule has 0 saturated carbocycles. The molecule has 20 heavy (non-hydrogen) atoms. The Hall–Kier alpha value is -1.56. The van der Waals surface area contributed by atoms with Gasteiger partial charge in [0.1, 0.15) is 17.3 Å². The highest BCUT2D eigenvalue weighted by Gasteiger charge is 2.16. The molecule has 1 N–H and O–H groups in total. The highest BCUT2D eigenvalue weighted by Crippen LogP contribution is 2.19. The molecule has 4 nitrogen and oxygen atoms in total. The molecule has 0 unspecified atom stereocenters. The quantitative estimate of drug-likeness (QED) is 0.835. The van der Waals surface area contributed by atoms with Crippen LogP contribution in [-0.2, 0) is 10.0 Å². The van der Waals surface area contributed by atoms with E-state index in [0.717, 1.165) is 0 Å². The first-order chi connectivity index (χ1) is 9.59. The van der Waals surface area contributed by atoms with Gasteiger partial charge in [0.25, 0.3) is 0 Å². The van der Waals surface area contributed by atoms with Crippen molar-refractivity contribution in [2.24, 2.45) is 0 Å². The maximum Gasteiger partial charge on any atom is 0.242 e. The number of rotatable bonds is 6. The van der Waals surface area contributed by atoms with Crippen molar-refractivity contribution in [2.75, 3.05) is 13.2 Å². The van der Waals surface area contributed by atoms with Gasteiger partial charge in [0.2, 0.25) is 10.0 Å². The second kappa shape index (κ2) is 6.74. The fraction of sp³-hybridized carbons (Fsp3) is 0.143. The Labute approximate surface area is 123 Å². The molecule has 0 radical (unpaired) electrons. The van der Waals surface area contributed by atoms with Gasteiger partial charge in [0, 0.05) is 6.54 Å². The number of para-hydroxylation sites is 1. The predicted octanol–water partition coefficient (Wildman–Crippen LogP) is 2.70. The minimum Gasteiger partial charge on any atom is -0.492 e. The van der Waals surface area contributed by atoms with Crippen molar-refractivity contribution in [3.63, 3.8) is 0 Å². The van der Waals surface area contributed by atoms with Gasteiger partial charge in [0.05, 0.1) is 5.02 Å². The zero-order valence-corrected chi connectivity index (χ0v) is 12.2. The van der Waals surface area contributed by atoms with E-state index >= 15 is 0 Å². The van der Waals surface area contributed by atoms with E-state index in [4.69, 9.17) is 16.3 Å². The van der Waals surface area contributed by atoms with E-state index in [2.05, 4.69) is 4.72 Å². The van der Waals surface area contributed by atoms with Crippen LogP contribution in [0.25, 0.3) is 0 Å². The first-order valence-electron chi connectivity index (χ1n) is 6.01. The minimum atomic E-state index is -3.61. The summed E-state index contributed by atoms with van der Waals surface area (Å²) in [5, 5.41) is 0.198. The first kappa shape index (κ1) is 14.8. The van der Waals surface area contributed by atoms with Crippen molar-refractivity contribution in [1.29, 1.82) is 0 Å². The Kier molecular flexibility index (Phi) is 5.00. The average molecular weight is 312 g/mol. The third-order valence-electron chi connectivity index (χ3n) is 2.53. The SMILES string of the molecule is O=S(=O)(NCCOc1ccccc1)c1ccccc1Cl. The molecular formula is C14H14ClNO3S. The molecule has 0 amide bonds. The van der Waals surface area contributed by atoms with Gasteiger partial charge in [-0.25, -0.2) is 13.1 Å². The number of ether oxygens (including phenoxy) is 1. The molecule has 0 aliphatic carbocycles. The number of sulfonamides is 1. The smallest absolute Gasteiger partial charge is 0.242 e. The van der Waals surface area contributed by atoms with Crippen molar-refractivity contribution in [3.05, 3.63) is 59.6 Å². The van der Waals surface area contributed by atoms with E-state index in [1.54, 1.807) is 12.1 Å². The summed E-state index contributed by atoms with van der Waals surface area (Å²) in [6.45, 7) is 0.413. The molecule has 0 atom stereocenters. The molecular weight excluding hydrogens is 298 g/mol. The lowest BCUT2D eigenvalue weighted by Gasteiger charge is -2.09. The largest absolute Gasteiger partial charge is 0.492 e. The van der Waals surface area contributed by atoms with E-state index in [9.17, 15) is 8.42 Å². The molecule has 0 bridgehead atoms. The van der Waals surface area contributed by atoms with Gasteiger partial charge in [0.15, 0.2) is 0 Å². The van der Waals surface area contributed by atoms with Gasteiger partial charge < -0.3 is 4.74 Å². The van der Waals surface area contributed by atoms with Gasteiger partial charge in [-0.3, -0.25) is 0 Å². The first-order valence-corrected chi connectivity index (χ1v) is 7.88. The number of hydrogen-bond donors (Lipinski definition) is 1. The van der Waals surface area contributed by atoms with Crippen LogP contribution in [0.15, 0.2) is 59.5 Å². The Balaban J connectivity index is 1.89. The molecule has 0 aromatic heterocycles. The Morgan fingerprint density at radius 3 is 2.35 bits per heavy atom. The molecule has 2 rings (SSSR count). The van der Waals surface area contributed by atoms with Crippen LogP contribution in [0.2, 0.25) is 5.02 Å². The van der Waals surface area contributed by atoms with Crippen LogP contribution < -0.4 is 9.46 Å². The van der Waals surface area contributed by atoms with E-state index < -0.39 is 10.0 Å². The minimum absolute atomic E-state index is 0.0707. The lowest BCUT2D eigenvalue weighted by molar-refractivity contribution is 0.323. The highest BCUT2D eigenvalue weighted by atomic mass is 35.5. The number of nitrogens with one attached hydrogen (secondary N) is 1. The van der Waals surface area contributed by atoms with Crippen LogP contribution >= 0.6 is 11.6 Å². The third kappa shape index (κ3) is 3.96. The monoisotopic (exact) mass is 311 g/mol. The molecule has 0 aliphatic heterocycles. The van der Waals surface area contributed by atoms with Crippen molar-refractivity contribution in [2.45, 2.75) is 4.90 Å². The molecule has 2 aromatic rings. The standard InChI is InChI=1S/C14H14ClNO3S/c15-13-8-4-5-9-14(13)20(17,18)16-10-11-19-12-6-2-1-3-7-12/h1-9,16H,10-11H2. The Morgan fingerprint density at radius 1 is 1.00 bits per heavy atom. The molecule has 0 saturated heterocycles. The molecule has 0 spiro atoms. The van der Waals surface area contributed by atoms with Crippen LogP contribution in [-0.4, -0.2) is 21.6 Å². The van der Waals surface area contributed by atoms with Crippen molar-refractivity contribution in [3.8, 4) is 5.75 Å². The second-order valence-corrected chi connectivity index (χ2v) is 6.13. The molecule has 6 heteroatoms. The van der Waals surface area contributed by atoms with E-state index in [0.29, 0.717) is 5.75 Å². The summed E-state index contributed by atoms with van der Waals surface area (Å²) in [5.41, 5.74) is 0. The second-order valence-electron chi connectivity index (χ2n) is 3.99. The molecule has 106 valence electrons. The zero-order chi connectivity index (χ0) is 14.4. The molecule has 0 fully saturated rings. The van der Waals surface area contributed by atoms with Crippen LogP contribution in [0.4, 0.5) is 0 Å². The van der Waals surface area contributed by atoms with Crippen LogP contribution in [0.1, 0.15) is 0 Å². The third-order valence-corrected chi connectivity index (χ3v) is 4.49. The Bertz CT molecular complexity index is 659. The predicted molar refractivity (Wildman–Crippen MR) is 78.6 cm³/mol. The van der Waals surface area contributed by atoms with E-state index in [1.165, 1.54) is 12.1 Å². The summed E-state index contributed by atoms with van der Waals surface area (Å²) in [6, 6.07) is 15.5. The van der Waals surface area contributed by atoms with Gasteiger partial charge >= 0.3 is 0 Å². The maximum atomic E-state index is 12.0. The lowest BCUT2D eigenvalue weighted by atomic mass is 10.3. The van der Waals surface area contributed by atoms with Gasteiger partial charge in [-0.05, 0) is 24.3 Å². The van der Waals surface area contributed by atoms with Crippen LogP contribution in [0, 0.1) is 0 Å². The van der Waals surface area contributed by atoms with Crippen molar-refractivity contribution < 1.29 is 13.2 Å². The van der Waals surface area contributed by atoms with Crippen LogP contribution in [0.5, 0.6) is 5.75 Å². The highest BCUT2D eigenvalue weighted by molar-refractivity contribution is 7.89. The van der Waals surface area contributed by atoms with Gasteiger partial charge in [-0.15, -0.1) is 0 Å². The average Bonchev–Trinajstić information content (AvgIpc) is 2.45. The normalized spacial score (nSPS) is 11.2. The number of benzene rings is 2. The molecule has 0 aliphatic rings. The summed E-state index contributed by atoms with van der Waals surface area (Å²) in [6.07, 6.45) is 0. The van der Waals surface area contributed by atoms with E-state index in [-0.39, 0.29) is 23.1 Å².